The van der Waals surface area contributed by atoms with Gasteiger partial charge in [0.25, 0.3) is 0 Å². The van der Waals surface area contributed by atoms with Gasteiger partial charge in [-0.05, 0) is 48.0 Å². The van der Waals surface area contributed by atoms with E-state index in [0.717, 1.165) is 56.1 Å². The molecular formula is C21H17N3O. The molecule has 4 heteroatoms. The van der Waals surface area contributed by atoms with Crippen molar-refractivity contribution in [3.63, 3.8) is 0 Å². The largest absolute Gasteiger partial charge is 0.453 e. The minimum absolute atomic E-state index is 0.810. The summed E-state index contributed by atoms with van der Waals surface area (Å²) in [4.78, 5) is 7.01. The fraction of sp³-hybridized carbons (Fsp3) is 0.0952. The average Bonchev–Trinajstić information content (AvgIpc) is 2.61. The summed E-state index contributed by atoms with van der Waals surface area (Å²) in [5.41, 5.74) is 6.07. The number of rotatable bonds is 0. The molecule has 0 radical (unpaired) electrons. The number of ether oxygens (including phenoxy) is 1. The summed E-state index contributed by atoms with van der Waals surface area (Å²) in [7, 11) is 2.05. The summed E-state index contributed by atoms with van der Waals surface area (Å²) < 4.78 is 6.08. The van der Waals surface area contributed by atoms with Gasteiger partial charge < -0.3 is 15.0 Å². The first-order valence-electron chi connectivity index (χ1n) is 8.24. The third-order valence-electron chi connectivity index (χ3n) is 4.85. The van der Waals surface area contributed by atoms with E-state index in [1.54, 1.807) is 0 Å². The second-order valence-electron chi connectivity index (χ2n) is 6.50. The molecule has 122 valence electrons. The molecule has 3 aromatic carbocycles. The Bertz CT molecular complexity index is 1150. The normalized spacial score (nSPS) is 13.4. The molecule has 2 aliphatic heterocycles. The van der Waals surface area contributed by atoms with E-state index in [9.17, 15) is 0 Å². The number of hydrogen-bond acceptors (Lipinski definition) is 4. The zero-order valence-electron chi connectivity index (χ0n) is 14.1. The predicted molar refractivity (Wildman–Crippen MR) is 101 cm³/mol. The number of benzene rings is 3. The number of para-hydroxylation sites is 2. The van der Waals surface area contributed by atoms with Crippen LogP contribution < -0.4 is 25.5 Å². The van der Waals surface area contributed by atoms with E-state index in [-0.39, 0.29) is 0 Å². The van der Waals surface area contributed by atoms with Crippen LogP contribution in [0.2, 0.25) is 0 Å². The van der Waals surface area contributed by atoms with Crippen LogP contribution in [0.25, 0.3) is 6.58 Å². The maximum Gasteiger partial charge on any atom is 0.153 e. The highest BCUT2D eigenvalue weighted by atomic mass is 16.5. The third-order valence-corrected chi connectivity index (χ3v) is 4.85. The SMILES string of the molecule is C=c1cc2c(cc1C)=Nc1cc3c(cc1N2C)Oc1ccccc1N3. The van der Waals surface area contributed by atoms with Crippen LogP contribution in [0, 0.1) is 6.92 Å². The van der Waals surface area contributed by atoms with E-state index in [2.05, 4.69) is 42.9 Å². The van der Waals surface area contributed by atoms with Gasteiger partial charge in [0.05, 0.1) is 33.8 Å². The third kappa shape index (κ3) is 2.04. The van der Waals surface area contributed by atoms with Gasteiger partial charge in [0.1, 0.15) is 0 Å². The molecule has 4 nitrogen and oxygen atoms in total. The Balaban J connectivity index is 1.71. The molecule has 2 aliphatic rings. The number of hydrogen-bond donors (Lipinski definition) is 1. The average molecular weight is 327 g/mol. The van der Waals surface area contributed by atoms with E-state index in [1.807, 2.05) is 36.4 Å². The number of anilines is 4. The molecule has 5 rings (SSSR count). The lowest BCUT2D eigenvalue weighted by molar-refractivity contribution is 0.481. The number of aryl methyl sites for hydroxylation is 1. The number of fused-ring (bicyclic) bond motifs is 4. The minimum Gasteiger partial charge on any atom is -0.453 e. The molecule has 0 amide bonds. The molecule has 0 unspecified atom stereocenters. The van der Waals surface area contributed by atoms with Crippen molar-refractivity contribution in [3.05, 3.63) is 64.7 Å². The van der Waals surface area contributed by atoms with E-state index >= 15 is 0 Å². The van der Waals surface area contributed by atoms with Crippen molar-refractivity contribution >= 4 is 35.0 Å². The van der Waals surface area contributed by atoms with E-state index in [4.69, 9.17) is 9.73 Å². The minimum atomic E-state index is 0.810. The smallest absolute Gasteiger partial charge is 0.153 e. The van der Waals surface area contributed by atoms with Gasteiger partial charge in [-0.2, -0.15) is 0 Å². The van der Waals surface area contributed by atoms with Gasteiger partial charge in [-0.25, -0.2) is 4.99 Å². The van der Waals surface area contributed by atoms with Crippen molar-refractivity contribution in [2.24, 2.45) is 4.99 Å². The van der Waals surface area contributed by atoms with E-state index in [1.165, 1.54) is 0 Å². The van der Waals surface area contributed by atoms with Gasteiger partial charge in [-0.1, -0.05) is 18.7 Å². The molecule has 2 heterocycles. The van der Waals surface area contributed by atoms with E-state index in [0.29, 0.717) is 0 Å². The Morgan fingerprint density at radius 3 is 2.72 bits per heavy atom. The first-order valence-corrected chi connectivity index (χ1v) is 8.24. The number of nitrogens with zero attached hydrogens (tertiary/aromatic N) is 2. The Labute approximate surface area is 145 Å². The molecule has 1 N–H and O–H groups in total. The lowest BCUT2D eigenvalue weighted by Gasteiger charge is -2.29. The van der Waals surface area contributed by atoms with Crippen molar-refractivity contribution < 1.29 is 4.74 Å². The Hall–Kier alpha value is -3.27. The van der Waals surface area contributed by atoms with E-state index < -0.39 is 0 Å². The lowest BCUT2D eigenvalue weighted by atomic mass is 10.1. The van der Waals surface area contributed by atoms with Crippen molar-refractivity contribution in [1.82, 2.24) is 0 Å². The molecule has 0 spiro atoms. The van der Waals surface area contributed by atoms with Crippen LogP contribution >= 0.6 is 0 Å². The fourth-order valence-corrected chi connectivity index (χ4v) is 3.36. The molecule has 0 bridgehead atoms. The first-order chi connectivity index (χ1) is 12.1. The summed E-state index contributed by atoms with van der Waals surface area (Å²) in [5.74, 6) is 1.64. The fourth-order valence-electron chi connectivity index (χ4n) is 3.36. The molecule has 3 aromatic rings. The van der Waals surface area contributed by atoms with Gasteiger partial charge in [0.15, 0.2) is 11.5 Å². The van der Waals surface area contributed by atoms with Gasteiger partial charge in [-0.3, -0.25) is 0 Å². The second kappa shape index (κ2) is 4.86. The summed E-state index contributed by atoms with van der Waals surface area (Å²) in [6, 6.07) is 16.2. The van der Waals surface area contributed by atoms with Gasteiger partial charge in [0, 0.05) is 13.1 Å². The molecular weight excluding hydrogens is 310 g/mol. The highest BCUT2D eigenvalue weighted by Gasteiger charge is 2.23. The second-order valence-corrected chi connectivity index (χ2v) is 6.50. The lowest BCUT2D eigenvalue weighted by Crippen LogP contribution is -2.26. The Morgan fingerprint density at radius 2 is 1.84 bits per heavy atom. The summed E-state index contributed by atoms with van der Waals surface area (Å²) in [5, 5.41) is 5.43. The maximum atomic E-state index is 6.08. The summed E-state index contributed by atoms with van der Waals surface area (Å²) in [6.07, 6.45) is 0. The zero-order valence-corrected chi connectivity index (χ0v) is 14.1. The molecule has 25 heavy (non-hydrogen) atoms. The summed E-state index contributed by atoms with van der Waals surface area (Å²) in [6.45, 7) is 6.17. The van der Waals surface area contributed by atoms with Crippen LogP contribution in [0.5, 0.6) is 11.5 Å². The van der Waals surface area contributed by atoms with Crippen molar-refractivity contribution in [1.29, 1.82) is 0 Å². The van der Waals surface area contributed by atoms with Crippen LogP contribution in [-0.2, 0) is 0 Å². The van der Waals surface area contributed by atoms with Crippen LogP contribution in [0.1, 0.15) is 5.56 Å². The van der Waals surface area contributed by atoms with Gasteiger partial charge in [-0.15, -0.1) is 0 Å². The Kier molecular flexibility index (Phi) is 2.74. The molecule has 0 saturated heterocycles. The quantitative estimate of drug-likeness (QED) is 0.523. The van der Waals surface area contributed by atoms with Crippen molar-refractivity contribution in [2.75, 3.05) is 17.3 Å². The van der Waals surface area contributed by atoms with Crippen LogP contribution in [0.3, 0.4) is 0 Å². The van der Waals surface area contributed by atoms with Crippen molar-refractivity contribution in [3.8, 4) is 11.5 Å². The number of nitrogens with one attached hydrogen (secondary N) is 1. The molecule has 0 atom stereocenters. The molecule has 0 aliphatic carbocycles. The highest BCUT2D eigenvalue weighted by Crippen LogP contribution is 2.48. The molecule has 0 aromatic heterocycles. The topological polar surface area (TPSA) is 36.9 Å². The van der Waals surface area contributed by atoms with Gasteiger partial charge in [0.2, 0.25) is 0 Å². The van der Waals surface area contributed by atoms with Crippen LogP contribution in [-0.4, -0.2) is 7.05 Å². The molecule has 0 saturated carbocycles. The standard InChI is InChI=1S/C21H17N3O/c1-12-8-15-18(9-13(12)2)24(3)19-11-21-17(10-16(19)23-15)22-14-6-4-5-7-20(14)25-21/h4-11,22H,2H2,1,3H3. The van der Waals surface area contributed by atoms with Crippen molar-refractivity contribution in [2.45, 2.75) is 6.92 Å². The maximum absolute atomic E-state index is 6.08. The highest BCUT2D eigenvalue weighted by molar-refractivity contribution is 5.86. The zero-order chi connectivity index (χ0) is 17.1. The van der Waals surface area contributed by atoms with Crippen LogP contribution in [0.4, 0.5) is 28.4 Å². The monoisotopic (exact) mass is 327 g/mol. The van der Waals surface area contributed by atoms with Gasteiger partial charge >= 0.3 is 0 Å². The predicted octanol–water partition coefficient (Wildman–Crippen LogP) is 4.29. The first kappa shape index (κ1) is 14.1. The summed E-state index contributed by atoms with van der Waals surface area (Å²) >= 11 is 0. The Morgan fingerprint density at radius 1 is 1.00 bits per heavy atom. The molecule has 0 fully saturated rings. The van der Waals surface area contributed by atoms with Crippen LogP contribution in [0.15, 0.2) is 53.5 Å².